The molecule has 21 heavy (non-hydrogen) atoms. The molecule has 0 unspecified atom stereocenters. The van der Waals surface area contributed by atoms with E-state index in [2.05, 4.69) is 0 Å². The lowest BCUT2D eigenvalue weighted by atomic mass is 10.3. The Morgan fingerprint density at radius 2 is 1.86 bits per heavy atom. The van der Waals surface area contributed by atoms with Gasteiger partial charge in [0.25, 0.3) is 5.56 Å². The van der Waals surface area contributed by atoms with Gasteiger partial charge in [-0.2, -0.15) is 0 Å². The van der Waals surface area contributed by atoms with E-state index in [9.17, 15) is 14.4 Å². The molecule has 0 N–H and O–H groups in total. The largest absolute Gasteiger partial charge is 0.336 e. The maximum Gasteiger partial charge on any atom is 0.336 e. The number of benzene rings is 1. The van der Waals surface area contributed by atoms with Crippen LogP contribution >= 0.6 is 11.3 Å². The molecule has 0 amide bonds. The highest BCUT2D eigenvalue weighted by Crippen LogP contribution is 2.16. The molecule has 6 heteroatoms. The van der Waals surface area contributed by atoms with Crippen LogP contribution in [0.3, 0.4) is 0 Å². The van der Waals surface area contributed by atoms with Crippen LogP contribution in [0.25, 0.3) is 15.9 Å². The second-order valence-corrected chi connectivity index (χ2v) is 5.60. The molecule has 2 aromatic heterocycles. The van der Waals surface area contributed by atoms with E-state index in [0.29, 0.717) is 15.9 Å². The summed E-state index contributed by atoms with van der Waals surface area (Å²) in [7, 11) is 0. The first-order valence-corrected chi connectivity index (χ1v) is 7.25. The van der Waals surface area contributed by atoms with Gasteiger partial charge in [0.05, 0.1) is 17.7 Å². The van der Waals surface area contributed by atoms with Crippen LogP contribution in [0.4, 0.5) is 0 Å². The summed E-state index contributed by atoms with van der Waals surface area (Å²) in [5.74, 6) is -0.136. The Morgan fingerprint density at radius 3 is 2.52 bits per heavy atom. The van der Waals surface area contributed by atoms with Crippen LogP contribution in [0.15, 0.2) is 51.4 Å². The molecule has 2 heterocycles. The minimum absolute atomic E-state index is 0.0425. The summed E-state index contributed by atoms with van der Waals surface area (Å²) in [6, 6.07) is 10.4. The van der Waals surface area contributed by atoms with Crippen molar-refractivity contribution in [2.24, 2.45) is 0 Å². The first-order chi connectivity index (χ1) is 10.1. The van der Waals surface area contributed by atoms with Gasteiger partial charge in [0, 0.05) is 0 Å². The monoisotopic (exact) mass is 300 g/mol. The van der Waals surface area contributed by atoms with Crippen molar-refractivity contribution in [3.05, 3.63) is 62.6 Å². The number of ketones is 1. The summed E-state index contributed by atoms with van der Waals surface area (Å²) < 4.78 is 2.93. The highest BCUT2D eigenvalue weighted by molar-refractivity contribution is 7.17. The van der Waals surface area contributed by atoms with E-state index in [0.717, 1.165) is 4.57 Å². The van der Waals surface area contributed by atoms with E-state index in [1.165, 1.54) is 22.8 Å². The summed E-state index contributed by atoms with van der Waals surface area (Å²) in [6.07, 6.45) is 0. The molecule has 1 aromatic carbocycles. The molecule has 0 saturated carbocycles. The lowest BCUT2D eigenvalue weighted by Gasteiger charge is -2.10. The molecule has 0 fully saturated rings. The van der Waals surface area contributed by atoms with Gasteiger partial charge < -0.3 is 0 Å². The fourth-order valence-electron chi connectivity index (χ4n) is 2.27. The van der Waals surface area contributed by atoms with Crippen molar-refractivity contribution in [3.63, 3.8) is 0 Å². The molecule has 5 nitrogen and oxygen atoms in total. The molecule has 3 aromatic rings. The zero-order valence-corrected chi connectivity index (χ0v) is 12.1. The van der Waals surface area contributed by atoms with Crippen LogP contribution in [0.5, 0.6) is 0 Å². The van der Waals surface area contributed by atoms with Crippen LogP contribution in [-0.2, 0) is 11.3 Å². The van der Waals surface area contributed by atoms with E-state index in [4.69, 9.17) is 0 Å². The molecular weight excluding hydrogens is 288 g/mol. The summed E-state index contributed by atoms with van der Waals surface area (Å²) in [5, 5.41) is 1.75. The predicted octanol–water partition coefficient (Wildman–Crippen LogP) is 1.80. The average Bonchev–Trinajstić information content (AvgIpc) is 2.94. The second kappa shape index (κ2) is 5.14. The Labute approximate surface area is 123 Å². The third-order valence-corrected chi connectivity index (χ3v) is 4.04. The Kier molecular flexibility index (Phi) is 3.31. The molecule has 0 aliphatic heterocycles. The maximum atomic E-state index is 12.6. The number of fused-ring (bicyclic) bond motifs is 1. The molecule has 0 aliphatic carbocycles. The number of hydrogen-bond donors (Lipinski definition) is 0. The first kappa shape index (κ1) is 13.5. The fourth-order valence-corrected chi connectivity index (χ4v) is 3.09. The first-order valence-electron chi connectivity index (χ1n) is 6.37. The van der Waals surface area contributed by atoms with Crippen molar-refractivity contribution >= 4 is 27.3 Å². The van der Waals surface area contributed by atoms with E-state index in [1.807, 2.05) is 6.07 Å². The van der Waals surface area contributed by atoms with Crippen molar-refractivity contribution in [3.8, 4) is 5.69 Å². The maximum absolute atomic E-state index is 12.6. The highest BCUT2D eigenvalue weighted by atomic mass is 32.1. The minimum Gasteiger partial charge on any atom is -0.298 e. The third-order valence-electron chi connectivity index (χ3n) is 3.15. The standard InChI is InChI=1S/C15H12N2O3S/c1-10(18)9-16-12-7-8-21-13(12)14(19)17(15(16)20)11-5-3-2-4-6-11/h2-8H,9H2,1H3. The Hall–Kier alpha value is -2.47. The van der Waals surface area contributed by atoms with Crippen LogP contribution in [0, 0.1) is 0 Å². The smallest absolute Gasteiger partial charge is 0.298 e. The lowest BCUT2D eigenvalue weighted by molar-refractivity contribution is -0.117. The fraction of sp³-hybridized carbons (Fsp3) is 0.133. The Bertz CT molecular complexity index is 935. The highest BCUT2D eigenvalue weighted by Gasteiger charge is 2.16. The number of nitrogens with zero attached hydrogens (tertiary/aromatic N) is 2. The molecule has 0 atom stereocenters. The molecule has 0 radical (unpaired) electrons. The topological polar surface area (TPSA) is 61.1 Å². The van der Waals surface area contributed by atoms with Crippen LogP contribution < -0.4 is 11.2 Å². The summed E-state index contributed by atoms with van der Waals surface area (Å²) in [4.78, 5) is 36.6. The minimum atomic E-state index is -0.493. The van der Waals surface area contributed by atoms with Gasteiger partial charge in [-0.05, 0) is 30.5 Å². The number of hydrogen-bond acceptors (Lipinski definition) is 4. The van der Waals surface area contributed by atoms with Crippen LogP contribution in [0.2, 0.25) is 0 Å². The summed E-state index contributed by atoms with van der Waals surface area (Å²) in [5.41, 5.74) is 0.167. The molecule has 106 valence electrons. The molecule has 0 spiro atoms. The van der Waals surface area contributed by atoms with E-state index in [-0.39, 0.29) is 17.9 Å². The number of carbonyl (C=O) groups is 1. The Morgan fingerprint density at radius 1 is 1.14 bits per heavy atom. The van der Waals surface area contributed by atoms with Gasteiger partial charge in [-0.1, -0.05) is 18.2 Å². The SMILES string of the molecule is CC(=O)Cn1c(=O)n(-c2ccccc2)c(=O)c2sccc21. The molecule has 0 aliphatic rings. The van der Waals surface area contributed by atoms with Gasteiger partial charge in [-0.15, -0.1) is 11.3 Å². The molecule has 0 saturated heterocycles. The van der Waals surface area contributed by atoms with Gasteiger partial charge in [0.1, 0.15) is 10.5 Å². The van der Waals surface area contributed by atoms with E-state index >= 15 is 0 Å². The third kappa shape index (κ3) is 2.23. The van der Waals surface area contributed by atoms with E-state index in [1.54, 1.807) is 35.7 Å². The van der Waals surface area contributed by atoms with Crippen LogP contribution in [0.1, 0.15) is 6.92 Å². The zero-order chi connectivity index (χ0) is 15.0. The van der Waals surface area contributed by atoms with Crippen molar-refractivity contribution in [1.29, 1.82) is 0 Å². The zero-order valence-electron chi connectivity index (χ0n) is 11.3. The van der Waals surface area contributed by atoms with E-state index < -0.39 is 5.69 Å². The molecule has 0 bridgehead atoms. The van der Waals surface area contributed by atoms with Gasteiger partial charge in [-0.25, -0.2) is 9.36 Å². The average molecular weight is 300 g/mol. The van der Waals surface area contributed by atoms with Gasteiger partial charge in [-0.3, -0.25) is 14.2 Å². The van der Waals surface area contributed by atoms with Crippen molar-refractivity contribution in [2.45, 2.75) is 13.5 Å². The van der Waals surface area contributed by atoms with Gasteiger partial charge in [0.2, 0.25) is 0 Å². The van der Waals surface area contributed by atoms with Gasteiger partial charge in [0.15, 0.2) is 0 Å². The normalized spacial score (nSPS) is 10.9. The summed E-state index contributed by atoms with van der Waals surface area (Å²) >= 11 is 1.27. The number of para-hydroxylation sites is 1. The molecular formula is C15H12N2O3S. The number of aromatic nitrogens is 2. The van der Waals surface area contributed by atoms with Crippen molar-refractivity contribution in [2.75, 3.05) is 0 Å². The Balaban J connectivity index is 2.43. The number of carbonyl (C=O) groups excluding carboxylic acids is 1. The number of thiophene rings is 1. The quantitative estimate of drug-likeness (QED) is 0.741. The summed E-state index contributed by atoms with van der Waals surface area (Å²) in [6.45, 7) is 1.38. The van der Waals surface area contributed by atoms with Crippen LogP contribution in [-0.4, -0.2) is 14.9 Å². The number of Topliss-reactive ketones (excluding diaryl/α,β-unsaturated/α-hetero) is 1. The number of rotatable bonds is 3. The van der Waals surface area contributed by atoms with Gasteiger partial charge >= 0.3 is 5.69 Å². The predicted molar refractivity (Wildman–Crippen MR) is 82.4 cm³/mol. The lowest BCUT2D eigenvalue weighted by Crippen LogP contribution is -2.39. The van der Waals surface area contributed by atoms with Crippen molar-refractivity contribution in [1.82, 2.24) is 9.13 Å². The van der Waals surface area contributed by atoms with Crippen molar-refractivity contribution < 1.29 is 4.79 Å². The molecule has 3 rings (SSSR count). The second-order valence-electron chi connectivity index (χ2n) is 4.68.